The summed E-state index contributed by atoms with van der Waals surface area (Å²) in [5.74, 6) is 1.67. The first-order valence-electron chi connectivity index (χ1n) is 8.61. The molecule has 0 bridgehead atoms. The summed E-state index contributed by atoms with van der Waals surface area (Å²) in [5, 5.41) is 9.44. The second kappa shape index (κ2) is 7.38. The first-order chi connectivity index (χ1) is 11.7. The van der Waals surface area contributed by atoms with Crippen LogP contribution in [0.2, 0.25) is 0 Å². The van der Waals surface area contributed by atoms with E-state index < -0.39 is 0 Å². The number of carbonyl (C=O) groups is 1. The van der Waals surface area contributed by atoms with Crippen LogP contribution >= 0.6 is 11.8 Å². The van der Waals surface area contributed by atoms with Gasteiger partial charge in [0, 0.05) is 24.7 Å². The number of thioether (sulfide) groups is 1. The van der Waals surface area contributed by atoms with Crippen LogP contribution in [0, 0.1) is 0 Å². The van der Waals surface area contributed by atoms with Crippen LogP contribution in [-0.4, -0.2) is 43.9 Å². The van der Waals surface area contributed by atoms with Gasteiger partial charge in [-0.1, -0.05) is 30.0 Å². The molecule has 1 unspecified atom stereocenters. The monoisotopic (exact) mass is 344 g/mol. The smallest absolute Gasteiger partial charge is 0.235 e. The molecule has 6 heteroatoms. The lowest BCUT2D eigenvalue weighted by atomic mass is 10.3. The zero-order valence-corrected chi connectivity index (χ0v) is 15.3. The lowest BCUT2D eigenvalue weighted by Crippen LogP contribution is -2.36. The molecule has 0 aliphatic heterocycles. The molecular weight excluding hydrogens is 320 g/mol. The van der Waals surface area contributed by atoms with Crippen LogP contribution in [0.4, 0.5) is 0 Å². The van der Waals surface area contributed by atoms with E-state index in [2.05, 4.69) is 26.9 Å². The third-order valence-corrected chi connectivity index (χ3v) is 5.35. The third kappa shape index (κ3) is 3.48. The summed E-state index contributed by atoms with van der Waals surface area (Å²) < 4.78 is 2.12. The van der Waals surface area contributed by atoms with Gasteiger partial charge < -0.3 is 4.90 Å². The van der Waals surface area contributed by atoms with Gasteiger partial charge in [-0.15, -0.1) is 10.2 Å². The molecule has 128 valence electrons. The fourth-order valence-corrected chi connectivity index (χ4v) is 3.74. The van der Waals surface area contributed by atoms with Crippen LogP contribution in [0.25, 0.3) is 5.69 Å². The number of hydrogen-bond acceptors (Lipinski definition) is 4. The Labute approximate surface area is 147 Å². The standard InChI is InChI=1S/C18H24N4OS/c1-4-21(5-2)17(23)13(3)24-18-20-19-16(14-11-12-14)22(18)15-9-7-6-8-10-15/h6-10,13-14H,4-5,11-12H2,1-3H3. The Kier molecular flexibility index (Phi) is 5.23. The molecule has 1 aliphatic rings. The molecule has 1 aromatic heterocycles. The molecule has 0 saturated heterocycles. The maximum atomic E-state index is 12.6. The molecule has 0 spiro atoms. The van der Waals surface area contributed by atoms with E-state index in [1.165, 1.54) is 24.6 Å². The largest absolute Gasteiger partial charge is 0.342 e. The minimum Gasteiger partial charge on any atom is -0.342 e. The molecule has 24 heavy (non-hydrogen) atoms. The molecule has 1 saturated carbocycles. The number of hydrogen-bond donors (Lipinski definition) is 0. The number of nitrogens with zero attached hydrogens (tertiary/aromatic N) is 4. The molecule has 0 radical (unpaired) electrons. The maximum Gasteiger partial charge on any atom is 0.235 e. The van der Waals surface area contributed by atoms with E-state index in [0.717, 1.165) is 29.8 Å². The Balaban J connectivity index is 1.87. The van der Waals surface area contributed by atoms with Crippen LogP contribution in [0.3, 0.4) is 0 Å². The van der Waals surface area contributed by atoms with Crippen molar-refractivity contribution in [2.75, 3.05) is 13.1 Å². The topological polar surface area (TPSA) is 51.0 Å². The normalized spacial score (nSPS) is 15.3. The van der Waals surface area contributed by atoms with Crippen LogP contribution in [0.5, 0.6) is 0 Å². The van der Waals surface area contributed by atoms with E-state index in [-0.39, 0.29) is 11.2 Å². The zero-order valence-electron chi connectivity index (χ0n) is 14.5. The van der Waals surface area contributed by atoms with Crippen LogP contribution in [0.15, 0.2) is 35.5 Å². The highest BCUT2D eigenvalue weighted by Gasteiger charge is 2.32. The van der Waals surface area contributed by atoms with E-state index in [1.54, 1.807) is 0 Å². The van der Waals surface area contributed by atoms with Crippen LogP contribution < -0.4 is 0 Å². The predicted molar refractivity (Wildman–Crippen MR) is 96.6 cm³/mol. The maximum absolute atomic E-state index is 12.6. The summed E-state index contributed by atoms with van der Waals surface area (Å²) in [6, 6.07) is 10.2. The molecule has 1 heterocycles. The average molecular weight is 344 g/mol. The van der Waals surface area contributed by atoms with Gasteiger partial charge in [-0.05, 0) is 45.7 Å². The molecule has 1 fully saturated rings. The van der Waals surface area contributed by atoms with Gasteiger partial charge in [0.1, 0.15) is 5.82 Å². The second-order valence-corrected chi connectivity index (χ2v) is 7.36. The Morgan fingerprint density at radius 1 is 1.25 bits per heavy atom. The minimum absolute atomic E-state index is 0.153. The van der Waals surface area contributed by atoms with Crippen molar-refractivity contribution in [1.29, 1.82) is 0 Å². The summed E-state index contributed by atoms with van der Waals surface area (Å²) in [7, 11) is 0. The van der Waals surface area contributed by atoms with Gasteiger partial charge in [-0.2, -0.15) is 0 Å². The Morgan fingerprint density at radius 3 is 2.50 bits per heavy atom. The first kappa shape index (κ1) is 17.0. The molecule has 1 atom stereocenters. The van der Waals surface area contributed by atoms with Crippen molar-refractivity contribution < 1.29 is 4.79 Å². The number of carbonyl (C=O) groups excluding carboxylic acids is 1. The highest BCUT2D eigenvalue weighted by molar-refractivity contribution is 8.00. The van der Waals surface area contributed by atoms with E-state index in [0.29, 0.717) is 5.92 Å². The lowest BCUT2D eigenvalue weighted by Gasteiger charge is -2.22. The Morgan fingerprint density at radius 2 is 1.92 bits per heavy atom. The summed E-state index contributed by atoms with van der Waals surface area (Å²) >= 11 is 1.50. The number of aromatic nitrogens is 3. The minimum atomic E-state index is -0.177. The second-order valence-electron chi connectivity index (χ2n) is 6.06. The molecule has 2 aromatic rings. The van der Waals surface area contributed by atoms with Crippen molar-refractivity contribution in [3.63, 3.8) is 0 Å². The fraction of sp³-hybridized carbons (Fsp3) is 0.500. The highest BCUT2D eigenvalue weighted by Crippen LogP contribution is 2.41. The van der Waals surface area contributed by atoms with Crippen molar-refractivity contribution in [3.05, 3.63) is 36.2 Å². The van der Waals surface area contributed by atoms with Crippen molar-refractivity contribution in [2.45, 2.75) is 49.9 Å². The third-order valence-electron chi connectivity index (χ3n) is 4.32. The number of benzene rings is 1. The quantitative estimate of drug-likeness (QED) is 0.722. The van der Waals surface area contributed by atoms with Gasteiger partial charge in [0.25, 0.3) is 0 Å². The van der Waals surface area contributed by atoms with Crippen molar-refractivity contribution >= 4 is 17.7 Å². The van der Waals surface area contributed by atoms with Gasteiger partial charge in [-0.3, -0.25) is 9.36 Å². The predicted octanol–water partition coefficient (Wildman–Crippen LogP) is 3.49. The van der Waals surface area contributed by atoms with Crippen molar-refractivity contribution in [1.82, 2.24) is 19.7 Å². The molecule has 3 rings (SSSR count). The average Bonchev–Trinajstić information content (AvgIpc) is 3.37. The summed E-state index contributed by atoms with van der Waals surface area (Å²) in [4.78, 5) is 14.4. The van der Waals surface area contributed by atoms with E-state index in [9.17, 15) is 4.79 Å². The Hall–Kier alpha value is -1.82. The molecule has 1 aliphatic carbocycles. The van der Waals surface area contributed by atoms with Crippen molar-refractivity contribution in [2.24, 2.45) is 0 Å². The molecule has 0 N–H and O–H groups in total. The molecule has 1 aromatic carbocycles. The number of rotatable bonds is 7. The van der Waals surface area contributed by atoms with Gasteiger partial charge in [0.2, 0.25) is 5.91 Å². The SMILES string of the molecule is CCN(CC)C(=O)C(C)Sc1nnc(C2CC2)n1-c1ccccc1. The molecular formula is C18H24N4OS. The van der Waals surface area contributed by atoms with Crippen LogP contribution in [0.1, 0.15) is 45.4 Å². The van der Waals surface area contributed by atoms with Gasteiger partial charge in [0.05, 0.1) is 5.25 Å². The lowest BCUT2D eigenvalue weighted by molar-refractivity contribution is -0.129. The van der Waals surface area contributed by atoms with E-state index in [4.69, 9.17) is 0 Å². The van der Waals surface area contributed by atoms with E-state index >= 15 is 0 Å². The Bertz CT molecular complexity index is 692. The highest BCUT2D eigenvalue weighted by atomic mass is 32.2. The van der Waals surface area contributed by atoms with Crippen molar-refractivity contribution in [3.8, 4) is 5.69 Å². The number of para-hydroxylation sites is 1. The summed E-state index contributed by atoms with van der Waals surface area (Å²) in [6.45, 7) is 7.44. The summed E-state index contributed by atoms with van der Waals surface area (Å²) in [5.41, 5.74) is 1.06. The molecule has 1 amide bonds. The zero-order chi connectivity index (χ0) is 17.1. The van der Waals surface area contributed by atoms with Crippen LogP contribution in [-0.2, 0) is 4.79 Å². The summed E-state index contributed by atoms with van der Waals surface area (Å²) in [6.07, 6.45) is 2.34. The first-order valence-corrected chi connectivity index (χ1v) is 9.49. The van der Waals surface area contributed by atoms with Gasteiger partial charge in [0.15, 0.2) is 5.16 Å². The van der Waals surface area contributed by atoms with Gasteiger partial charge >= 0.3 is 0 Å². The number of amides is 1. The van der Waals surface area contributed by atoms with Gasteiger partial charge in [-0.25, -0.2) is 0 Å². The molecule has 5 nitrogen and oxygen atoms in total. The van der Waals surface area contributed by atoms with E-state index in [1.807, 2.05) is 43.9 Å². The fourth-order valence-electron chi connectivity index (χ4n) is 2.78.